The molecule has 0 nitrogen and oxygen atoms in total. The number of hydrogen-bond donors (Lipinski definition) is 1. The van der Waals surface area contributed by atoms with Crippen molar-refractivity contribution in [1.82, 2.24) is 0 Å². The first-order valence-electron chi connectivity index (χ1n) is 2.86. The van der Waals surface area contributed by atoms with Gasteiger partial charge in [-0.3, -0.25) is 0 Å². The lowest BCUT2D eigenvalue weighted by Crippen LogP contribution is -2.12. The van der Waals surface area contributed by atoms with E-state index in [0.29, 0.717) is 0 Å². The van der Waals surface area contributed by atoms with E-state index in [9.17, 15) is 0 Å². The average molecular weight is 183 g/mol. The molecule has 0 saturated carbocycles. The molecule has 0 aromatic heterocycles. The molecule has 2 unspecified atom stereocenters. The highest BCUT2D eigenvalue weighted by molar-refractivity contribution is 7.84. The molecule has 0 N–H and O–H groups in total. The van der Waals surface area contributed by atoms with Crippen LogP contribution in [0.2, 0.25) is 0 Å². The standard InChI is InChI=1S/C6H8Cl2S/c7-4-1-5(8)3-6(9)2-4/h2,4-5,9H,1,3H2. The second-order valence-corrected chi connectivity index (χ2v) is 3.96. The van der Waals surface area contributed by atoms with E-state index >= 15 is 0 Å². The van der Waals surface area contributed by atoms with Crippen LogP contribution in [0.5, 0.6) is 0 Å². The quantitative estimate of drug-likeness (QED) is 0.433. The van der Waals surface area contributed by atoms with Crippen LogP contribution in [0.15, 0.2) is 11.0 Å². The summed E-state index contributed by atoms with van der Waals surface area (Å²) in [6.07, 6.45) is 3.69. The van der Waals surface area contributed by atoms with Gasteiger partial charge >= 0.3 is 0 Å². The first kappa shape index (κ1) is 7.77. The summed E-state index contributed by atoms with van der Waals surface area (Å²) >= 11 is 15.8. The van der Waals surface area contributed by atoms with Crippen LogP contribution in [-0.4, -0.2) is 10.8 Å². The van der Waals surface area contributed by atoms with Crippen molar-refractivity contribution >= 4 is 35.8 Å². The molecule has 0 bridgehead atoms. The highest BCUT2D eigenvalue weighted by Crippen LogP contribution is 2.27. The third kappa shape index (κ3) is 2.40. The number of allylic oxidation sites excluding steroid dienone is 2. The van der Waals surface area contributed by atoms with Crippen LogP contribution in [0.25, 0.3) is 0 Å². The van der Waals surface area contributed by atoms with E-state index in [4.69, 9.17) is 23.2 Å². The van der Waals surface area contributed by atoms with Crippen LogP contribution in [0.1, 0.15) is 12.8 Å². The summed E-state index contributed by atoms with van der Waals surface area (Å²) in [4.78, 5) is 1.02. The fourth-order valence-corrected chi connectivity index (χ4v) is 2.31. The fraction of sp³-hybridized carbons (Fsp3) is 0.667. The Labute approximate surface area is 70.6 Å². The van der Waals surface area contributed by atoms with Gasteiger partial charge in [0, 0.05) is 5.38 Å². The first-order valence-corrected chi connectivity index (χ1v) is 4.18. The zero-order valence-corrected chi connectivity index (χ0v) is 7.26. The molecule has 0 radical (unpaired) electrons. The summed E-state index contributed by atoms with van der Waals surface area (Å²) in [6, 6.07) is 0. The maximum absolute atomic E-state index is 5.83. The lowest BCUT2D eigenvalue weighted by Gasteiger charge is -2.17. The molecule has 0 aromatic rings. The number of alkyl halides is 2. The van der Waals surface area contributed by atoms with Crippen LogP contribution in [0.4, 0.5) is 0 Å². The van der Waals surface area contributed by atoms with Crippen LogP contribution >= 0.6 is 35.8 Å². The molecule has 52 valence electrons. The molecule has 0 fully saturated rings. The summed E-state index contributed by atoms with van der Waals surface area (Å²) in [7, 11) is 0. The predicted octanol–water partition coefficient (Wildman–Crippen LogP) is 2.81. The van der Waals surface area contributed by atoms with E-state index in [1.165, 1.54) is 0 Å². The fourth-order valence-electron chi connectivity index (χ4n) is 0.899. The van der Waals surface area contributed by atoms with Gasteiger partial charge < -0.3 is 0 Å². The lowest BCUT2D eigenvalue weighted by molar-refractivity contribution is 0.739. The van der Waals surface area contributed by atoms with Crippen LogP contribution < -0.4 is 0 Å². The molecule has 0 heterocycles. The van der Waals surface area contributed by atoms with Gasteiger partial charge in [-0.05, 0) is 17.7 Å². The summed E-state index contributed by atoms with van der Waals surface area (Å²) in [5.41, 5.74) is 0. The number of hydrogen-bond acceptors (Lipinski definition) is 1. The van der Waals surface area contributed by atoms with Gasteiger partial charge in [0.15, 0.2) is 0 Å². The van der Waals surface area contributed by atoms with E-state index < -0.39 is 0 Å². The van der Waals surface area contributed by atoms with Gasteiger partial charge in [0.05, 0.1) is 5.38 Å². The lowest BCUT2D eigenvalue weighted by atomic mass is 10.1. The second-order valence-electron chi connectivity index (χ2n) is 2.21. The molecule has 2 atom stereocenters. The van der Waals surface area contributed by atoms with Gasteiger partial charge in [0.1, 0.15) is 0 Å². The van der Waals surface area contributed by atoms with E-state index in [0.717, 1.165) is 17.7 Å². The van der Waals surface area contributed by atoms with Gasteiger partial charge in [0.25, 0.3) is 0 Å². The Balaban J connectivity index is 2.56. The van der Waals surface area contributed by atoms with Crippen molar-refractivity contribution in [2.75, 3.05) is 0 Å². The topological polar surface area (TPSA) is 0 Å². The van der Waals surface area contributed by atoms with Gasteiger partial charge in [0.2, 0.25) is 0 Å². The minimum atomic E-state index is 0.0914. The molecule has 0 amide bonds. The van der Waals surface area contributed by atoms with Gasteiger partial charge in [-0.2, -0.15) is 0 Å². The summed E-state index contributed by atoms with van der Waals surface area (Å²) in [5.74, 6) is 0. The normalized spacial score (nSPS) is 36.1. The Bertz CT molecular complexity index is 133. The van der Waals surface area contributed by atoms with Crippen molar-refractivity contribution < 1.29 is 0 Å². The van der Waals surface area contributed by atoms with Crippen molar-refractivity contribution in [3.05, 3.63) is 11.0 Å². The molecular weight excluding hydrogens is 175 g/mol. The Morgan fingerprint density at radius 2 is 2.22 bits per heavy atom. The smallest absolute Gasteiger partial charge is 0.0540 e. The number of rotatable bonds is 0. The van der Waals surface area contributed by atoms with Crippen molar-refractivity contribution in [2.45, 2.75) is 23.6 Å². The second kappa shape index (κ2) is 3.18. The molecule has 0 aliphatic heterocycles. The highest BCUT2D eigenvalue weighted by atomic mass is 35.5. The highest BCUT2D eigenvalue weighted by Gasteiger charge is 2.16. The monoisotopic (exact) mass is 182 g/mol. The first-order chi connectivity index (χ1) is 4.18. The van der Waals surface area contributed by atoms with Crippen molar-refractivity contribution in [3.8, 4) is 0 Å². The van der Waals surface area contributed by atoms with E-state index in [1.807, 2.05) is 6.08 Å². The third-order valence-corrected chi connectivity index (χ3v) is 2.25. The number of thiol groups is 1. The van der Waals surface area contributed by atoms with E-state index in [1.54, 1.807) is 0 Å². The summed E-state index contributed by atoms with van der Waals surface area (Å²) in [6.45, 7) is 0. The minimum Gasteiger partial charge on any atom is -0.148 e. The van der Waals surface area contributed by atoms with Crippen molar-refractivity contribution in [3.63, 3.8) is 0 Å². The molecule has 1 aliphatic rings. The van der Waals surface area contributed by atoms with Crippen molar-refractivity contribution in [1.29, 1.82) is 0 Å². The van der Waals surface area contributed by atoms with Gasteiger partial charge in [-0.15, -0.1) is 35.8 Å². The maximum Gasteiger partial charge on any atom is 0.0540 e. The Morgan fingerprint density at radius 3 is 2.67 bits per heavy atom. The molecule has 1 rings (SSSR count). The molecule has 3 heteroatoms. The molecule has 0 spiro atoms. The molecule has 0 aromatic carbocycles. The molecule has 0 saturated heterocycles. The van der Waals surface area contributed by atoms with E-state index in [-0.39, 0.29) is 10.8 Å². The zero-order valence-electron chi connectivity index (χ0n) is 4.85. The van der Waals surface area contributed by atoms with Crippen molar-refractivity contribution in [2.24, 2.45) is 0 Å². The Morgan fingerprint density at radius 1 is 1.56 bits per heavy atom. The Kier molecular flexibility index (Phi) is 2.74. The van der Waals surface area contributed by atoms with E-state index in [2.05, 4.69) is 12.6 Å². The molecule has 9 heavy (non-hydrogen) atoms. The predicted molar refractivity (Wildman–Crippen MR) is 45.6 cm³/mol. The Hall–Kier alpha value is 0.670. The minimum absolute atomic E-state index is 0.0914. The third-order valence-electron chi connectivity index (χ3n) is 1.28. The van der Waals surface area contributed by atoms with Gasteiger partial charge in [-0.1, -0.05) is 6.08 Å². The maximum atomic E-state index is 5.83. The van der Waals surface area contributed by atoms with Crippen LogP contribution in [0.3, 0.4) is 0 Å². The number of halogens is 2. The largest absolute Gasteiger partial charge is 0.148 e. The summed E-state index contributed by atoms with van der Waals surface area (Å²) < 4.78 is 0. The average Bonchev–Trinajstić information content (AvgIpc) is 1.59. The van der Waals surface area contributed by atoms with Gasteiger partial charge in [-0.25, -0.2) is 0 Å². The van der Waals surface area contributed by atoms with Crippen LogP contribution in [-0.2, 0) is 0 Å². The molecule has 1 aliphatic carbocycles. The SMILES string of the molecule is SC1=CC(Cl)CC(Cl)C1. The molecular formula is C6H8Cl2S. The summed E-state index contributed by atoms with van der Waals surface area (Å²) in [5, 5.41) is 0.277. The van der Waals surface area contributed by atoms with Crippen LogP contribution in [0, 0.1) is 0 Å². The zero-order chi connectivity index (χ0) is 6.85.